The van der Waals surface area contributed by atoms with Gasteiger partial charge in [-0.3, -0.25) is 9.59 Å². The zero-order valence-electron chi connectivity index (χ0n) is 15.9. The Morgan fingerprint density at radius 3 is 2.57 bits per heavy atom. The van der Waals surface area contributed by atoms with Gasteiger partial charge in [0.05, 0.1) is 25.0 Å². The number of nitrogens with one attached hydrogen (secondary N) is 1. The van der Waals surface area contributed by atoms with Gasteiger partial charge in [-0.2, -0.15) is 0 Å². The van der Waals surface area contributed by atoms with Gasteiger partial charge in [-0.1, -0.05) is 24.3 Å². The smallest absolute Gasteiger partial charge is 0.254 e. The van der Waals surface area contributed by atoms with Crippen molar-refractivity contribution in [2.24, 2.45) is 0 Å². The number of imidazole rings is 1. The molecule has 1 aliphatic rings. The minimum absolute atomic E-state index is 0.0101. The molecule has 2 heterocycles. The van der Waals surface area contributed by atoms with E-state index in [9.17, 15) is 9.59 Å². The van der Waals surface area contributed by atoms with Gasteiger partial charge >= 0.3 is 0 Å². The van der Waals surface area contributed by atoms with E-state index in [0.717, 1.165) is 28.5 Å². The second-order valence-corrected chi connectivity index (χ2v) is 6.85. The van der Waals surface area contributed by atoms with Gasteiger partial charge in [0.1, 0.15) is 11.6 Å². The first-order valence-corrected chi connectivity index (χ1v) is 9.17. The number of hydrogen-bond donors (Lipinski definition) is 1. The third-order valence-corrected chi connectivity index (χ3v) is 5.00. The van der Waals surface area contributed by atoms with Crippen LogP contribution in [0.5, 0.6) is 5.75 Å². The lowest BCUT2D eigenvalue weighted by Crippen LogP contribution is -2.36. The third-order valence-electron chi connectivity index (χ3n) is 5.00. The van der Waals surface area contributed by atoms with E-state index >= 15 is 0 Å². The van der Waals surface area contributed by atoms with Crippen LogP contribution in [0.25, 0.3) is 11.4 Å². The number of methoxy groups -OCH3 is 1. The molecular weight excluding hydrogens is 354 g/mol. The van der Waals surface area contributed by atoms with Gasteiger partial charge in [0, 0.05) is 29.7 Å². The van der Waals surface area contributed by atoms with Crippen LogP contribution in [0.15, 0.2) is 48.5 Å². The molecule has 1 aliphatic heterocycles. The summed E-state index contributed by atoms with van der Waals surface area (Å²) in [6, 6.07) is 14.5. The number of ether oxygens (including phenoxy) is 1. The predicted molar refractivity (Wildman–Crippen MR) is 105 cm³/mol. The van der Waals surface area contributed by atoms with E-state index in [-0.39, 0.29) is 11.7 Å². The maximum atomic E-state index is 12.8. The summed E-state index contributed by atoms with van der Waals surface area (Å²) in [7, 11) is 1.64. The minimum atomic E-state index is -0.0433. The molecule has 1 aromatic heterocycles. The number of carbonyl (C=O) groups is 2. The van der Waals surface area contributed by atoms with Crippen molar-refractivity contribution >= 4 is 11.7 Å². The number of carbonyl (C=O) groups excluding carboxylic acids is 2. The van der Waals surface area contributed by atoms with Gasteiger partial charge in [-0.25, -0.2) is 4.98 Å². The summed E-state index contributed by atoms with van der Waals surface area (Å²) < 4.78 is 5.28. The van der Waals surface area contributed by atoms with Crippen molar-refractivity contribution in [3.8, 4) is 17.1 Å². The molecule has 0 fully saturated rings. The fourth-order valence-electron chi connectivity index (χ4n) is 3.40. The summed E-state index contributed by atoms with van der Waals surface area (Å²) in [5, 5.41) is 0. The van der Waals surface area contributed by atoms with Crippen LogP contribution in [-0.2, 0) is 13.0 Å². The Hall–Kier alpha value is -3.41. The lowest BCUT2D eigenvalue weighted by molar-refractivity contribution is 0.0731. The summed E-state index contributed by atoms with van der Waals surface area (Å²) in [4.78, 5) is 34.1. The van der Waals surface area contributed by atoms with Crippen LogP contribution >= 0.6 is 0 Å². The van der Waals surface area contributed by atoms with Crippen LogP contribution in [0.1, 0.15) is 39.0 Å². The number of rotatable bonds is 4. The highest BCUT2D eigenvalue weighted by atomic mass is 16.5. The van der Waals surface area contributed by atoms with Gasteiger partial charge in [0.15, 0.2) is 5.78 Å². The molecular formula is C22H21N3O3. The third kappa shape index (κ3) is 3.41. The lowest BCUT2D eigenvalue weighted by atomic mass is 10.1. The van der Waals surface area contributed by atoms with Crippen molar-refractivity contribution in [2.45, 2.75) is 19.9 Å². The molecule has 0 unspecified atom stereocenters. The Balaban J connectivity index is 1.53. The first-order chi connectivity index (χ1) is 13.5. The number of benzene rings is 2. The summed E-state index contributed by atoms with van der Waals surface area (Å²) in [6.45, 7) is 2.61. The Bertz CT molecular complexity index is 1040. The van der Waals surface area contributed by atoms with Gasteiger partial charge in [-0.15, -0.1) is 0 Å². The molecule has 0 spiro atoms. The van der Waals surface area contributed by atoms with Crippen LogP contribution in [-0.4, -0.2) is 40.2 Å². The average molecular weight is 375 g/mol. The highest BCUT2D eigenvalue weighted by Crippen LogP contribution is 2.26. The van der Waals surface area contributed by atoms with Crippen molar-refractivity contribution in [3.63, 3.8) is 0 Å². The Kier molecular flexibility index (Phi) is 4.69. The molecule has 142 valence electrons. The molecule has 1 amide bonds. The molecule has 6 nitrogen and oxygen atoms in total. The maximum Gasteiger partial charge on any atom is 0.254 e. The molecule has 2 aromatic carbocycles. The molecule has 0 radical (unpaired) electrons. The predicted octanol–water partition coefficient (Wildman–Crippen LogP) is 3.49. The van der Waals surface area contributed by atoms with Crippen LogP contribution in [0.2, 0.25) is 0 Å². The Morgan fingerprint density at radius 2 is 1.86 bits per heavy atom. The van der Waals surface area contributed by atoms with Crippen LogP contribution < -0.4 is 4.74 Å². The van der Waals surface area contributed by atoms with E-state index in [4.69, 9.17) is 9.72 Å². The van der Waals surface area contributed by atoms with Crippen LogP contribution in [0.3, 0.4) is 0 Å². The van der Waals surface area contributed by atoms with E-state index in [1.165, 1.54) is 6.92 Å². The number of nitrogens with zero attached hydrogens (tertiary/aromatic N) is 2. The minimum Gasteiger partial charge on any atom is -0.497 e. The first-order valence-electron chi connectivity index (χ1n) is 9.17. The Labute approximate surface area is 163 Å². The number of H-pyrrole nitrogens is 1. The van der Waals surface area contributed by atoms with Crippen molar-refractivity contribution in [1.82, 2.24) is 14.9 Å². The van der Waals surface area contributed by atoms with Gasteiger partial charge < -0.3 is 14.6 Å². The fourth-order valence-corrected chi connectivity index (χ4v) is 3.40. The van der Waals surface area contributed by atoms with Crippen LogP contribution in [0, 0.1) is 0 Å². The second kappa shape index (κ2) is 7.31. The SMILES string of the molecule is COc1cccc(-c2nc3c([nH]2)CN(C(=O)c2ccc(C(C)=O)cc2)CC3)c1. The maximum absolute atomic E-state index is 12.8. The molecule has 0 aliphatic carbocycles. The fraction of sp³-hybridized carbons (Fsp3) is 0.227. The zero-order chi connectivity index (χ0) is 19.7. The number of aromatic amines is 1. The number of fused-ring (bicyclic) bond motifs is 1. The van der Waals surface area contributed by atoms with Crippen molar-refractivity contribution in [3.05, 3.63) is 71.0 Å². The topological polar surface area (TPSA) is 75.3 Å². The second-order valence-electron chi connectivity index (χ2n) is 6.85. The number of Topliss-reactive ketones (excluding diaryl/α,β-unsaturated/α-hetero) is 1. The molecule has 4 rings (SSSR count). The molecule has 28 heavy (non-hydrogen) atoms. The number of amides is 1. The molecule has 6 heteroatoms. The van der Waals surface area contributed by atoms with Gasteiger partial charge in [0.2, 0.25) is 0 Å². The molecule has 0 atom stereocenters. The highest BCUT2D eigenvalue weighted by Gasteiger charge is 2.25. The van der Waals surface area contributed by atoms with E-state index in [2.05, 4.69) is 4.98 Å². The normalized spacial score (nSPS) is 13.1. The summed E-state index contributed by atoms with van der Waals surface area (Å²) >= 11 is 0. The zero-order valence-corrected chi connectivity index (χ0v) is 15.9. The summed E-state index contributed by atoms with van der Waals surface area (Å²) in [6.07, 6.45) is 0.701. The van der Waals surface area contributed by atoms with Crippen molar-refractivity contribution < 1.29 is 14.3 Å². The lowest BCUT2D eigenvalue weighted by Gasteiger charge is -2.26. The van der Waals surface area contributed by atoms with E-state index in [1.807, 2.05) is 24.3 Å². The van der Waals surface area contributed by atoms with Crippen molar-refractivity contribution in [2.75, 3.05) is 13.7 Å². The van der Waals surface area contributed by atoms with Crippen LogP contribution in [0.4, 0.5) is 0 Å². The average Bonchev–Trinajstić information content (AvgIpc) is 3.16. The number of ketones is 1. The summed E-state index contributed by atoms with van der Waals surface area (Å²) in [5.41, 5.74) is 4.09. The number of hydrogen-bond acceptors (Lipinski definition) is 4. The van der Waals surface area contributed by atoms with E-state index in [1.54, 1.807) is 36.3 Å². The van der Waals surface area contributed by atoms with Gasteiger partial charge in [0.25, 0.3) is 5.91 Å². The molecule has 3 aromatic rings. The van der Waals surface area contributed by atoms with E-state index < -0.39 is 0 Å². The number of aromatic nitrogens is 2. The largest absolute Gasteiger partial charge is 0.497 e. The molecule has 0 saturated carbocycles. The first kappa shape index (κ1) is 18.0. The van der Waals surface area contributed by atoms with Crippen molar-refractivity contribution in [1.29, 1.82) is 0 Å². The monoisotopic (exact) mass is 375 g/mol. The summed E-state index contributed by atoms with van der Waals surface area (Å²) in [5.74, 6) is 1.50. The quantitative estimate of drug-likeness (QED) is 0.709. The molecule has 1 N–H and O–H groups in total. The molecule has 0 saturated heterocycles. The Morgan fingerprint density at radius 1 is 1.11 bits per heavy atom. The standard InChI is InChI=1S/C22H21N3O3/c1-14(26)15-6-8-16(9-7-15)22(27)25-11-10-19-20(13-25)24-21(23-19)17-4-3-5-18(12-17)28-2/h3-9,12H,10-11,13H2,1-2H3,(H,23,24). The molecule has 0 bridgehead atoms. The van der Waals surface area contributed by atoms with Gasteiger partial charge in [-0.05, 0) is 31.2 Å². The van der Waals surface area contributed by atoms with E-state index in [0.29, 0.717) is 30.6 Å². The highest BCUT2D eigenvalue weighted by molar-refractivity contribution is 5.97.